The summed E-state index contributed by atoms with van der Waals surface area (Å²) < 4.78 is 0. The van der Waals surface area contributed by atoms with Crippen molar-refractivity contribution in [1.29, 1.82) is 0 Å². The summed E-state index contributed by atoms with van der Waals surface area (Å²) in [5.74, 6) is 1.97. The summed E-state index contributed by atoms with van der Waals surface area (Å²) in [4.78, 5) is 0. The molecule has 0 aromatic heterocycles. The lowest BCUT2D eigenvalue weighted by atomic mass is 9.80. The molecule has 0 heteroatoms. The highest BCUT2D eigenvalue weighted by Crippen LogP contribution is 2.41. The van der Waals surface area contributed by atoms with Gasteiger partial charge in [-0.05, 0) is 41.0 Å². The lowest BCUT2D eigenvalue weighted by molar-refractivity contribution is 0.410. The third kappa shape index (κ3) is 2.67. The molecule has 4 rings (SSSR count). The Morgan fingerprint density at radius 2 is 1.48 bits per heavy atom. The number of fused-ring (bicyclic) bond motifs is 2. The van der Waals surface area contributed by atoms with Gasteiger partial charge in [0.2, 0.25) is 0 Å². The van der Waals surface area contributed by atoms with Crippen LogP contribution < -0.4 is 0 Å². The topological polar surface area (TPSA) is 0 Å². The first-order valence-electron chi connectivity index (χ1n) is 8.91. The Morgan fingerprint density at radius 3 is 2.26 bits per heavy atom. The molecule has 2 aliphatic carbocycles. The van der Waals surface area contributed by atoms with E-state index in [0.717, 1.165) is 5.92 Å². The normalized spacial score (nSPS) is 22.1. The van der Waals surface area contributed by atoms with E-state index in [1.807, 2.05) is 0 Å². The molecule has 0 bridgehead atoms. The molecule has 2 aromatic carbocycles. The van der Waals surface area contributed by atoms with Gasteiger partial charge >= 0.3 is 0 Å². The minimum absolute atomic E-state index is 0.608. The SMILES string of the molecule is CCC(CCC1C=Cc2ccccc21)C1C=Cc2ccccc21. The molecular formula is C23H24. The highest BCUT2D eigenvalue weighted by Gasteiger charge is 2.26. The first-order valence-corrected chi connectivity index (χ1v) is 8.91. The van der Waals surface area contributed by atoms with Crippen LogP contribution in [0.3, 0.4) is 0 Å². The second kappa shape index (κ2) is 6.20. The maximum absolute atomic E-state index is 2.43. The van der Waals surface area contributed by atoms with Crippen LogP contribution in [-0.4, -0.2) is 0 Å². The highest BCUT2D eigenvalue weighted by atomic mass is 14.3. The summed E-state index contributed by atoms with van der Waals surface area (Å²) in [5.41, 5.74) is 5.88. The minimum atomic E-state index is 0.608. The van der Waals surface area contributed by atoms with Gasteiger partial charge in [0, 0.05) is 11.8 Å². The van der Waals surface area contributed by atoms with E-state index in [1.54, 1.807) is 0 Å². The summed E-state index contributed by atoms with van der Waals surface area (Å²) in [6.07, 6.45) is 13.2. The molecule has 0 amide bonds. The van der Waals surface area contributed by atoms with Gasteiger partial charge in [-0.25, -0.2) is 0 Å². The summed E-state index contributed by atoms with van der Waals surface area (Å²) in [5, 5.41) is 0. The molecule has 0 fully saturated rings. The molecule has 0 nitrogen and oxygen atoms in total. The highest BCUT2D eigenvalue weighted by molar-refractivity contribution is 5.63. The van der Waals surface area contributed by atoms with Crippen LogP contribution in [0.15, 0.2) is 60.7 Å². The van der Waals surface area contributed by atoms with E-state index >= 15 is 0 Å². The molecule has 0 radical (unpaired) electrons. The summed E-state index contributed by atoms with van der Waals surface area (Å²) >= 11 is 0. The van der Waals surface area contributed by atoms with Crippen molar-refractivity contribution < 1.29 is 0 Å². The Kier molecular flexibility index (Phi) is 3.91. The Labute approximate surface area is 139 Å². The van der Waals surface area contributed by atoms with Gasteiger partial charge < -0.3 is 0 Å². The van der Waals surface area contributed by atoms with Gasteiger partial charge in [0.1, 0.15) is 0 Å². The van der Waals surface area contributed by atoms with Crippen molar-refractivity contribution in [3.05, 3.63) is 82.9 Å². The molecule has 0 heterocycles. The summed E-state index contributed by atoms with van der Waals surface area (Å²) in [6, 6.07) is 17.7. The second-order valence-corrected chi connectivity index (χ2v) is 6.85. The zero-order chi connectivity index (χ0) is 15.6. The van der Waals surface area contributed by atoms with Crippen molar-refractivity contribution in [2.45, 2.75) is 38.0 Å². The van der Waals surface area contributed by atoms with Crippen molar-refractivity contribution in [1.82, 2.24) is 0 Å². The van der Waals surface area contributed by atoms with Crippen LogP contribution in [0.4, 0.5) is 0 Å². The van der Waals surface area contributed by atoms with E-state index in [-0.39, 0.29) is 0 Å². The molecular weight excluding hydrogens is 276 g/mol. The van der Waals surface area contributed by atoms with Crippen molar-refractivity contribution in [2.75, 3.05) is 0 Å². The smallest absolute Gasteiger partial charge is 0.00554 e. The molecule has 2 aliphatic rings. The minimum Gasteiger partial charge on any atom is -0.0764 e. The van der Waals surface area contributed by atoms with E-state index in [2.05, 4.69) is 79.8 Å². The molecule has 116 valence electrons. The number of hydrogen-bond acceptors (Lipinski definition) is 0. The van der Waals surface area contributed by atoms with E-state index in [1.165, 1.54) is 41.5 Å². The number of allylic oxidation sites excluding steroid dienone is 2. The lowest BCUT2D eigenvalue weighted by Crippen LogP contribution is -2.10. The average Bonchev–Trinajstić information content (AvgIpc) is 3.20. The fraction of sp³-hybridized carbons (Fsp3) is 0.304. The fourth-order valence-electron chi connectivity index (χ4n) is 4.30. The van der Waals surface area contributed by atoms with Gasteiger partial charge in [-0.1, -0.05) is 86.2 Å². The number of rotatable bonds is 5. The van der Waals surface area contributed by atoms with E-state index in [4.69, 9.17) is 0 Å². The van der Waals surface area contributed by atoms with Crippen molar-refractivity contribution >= 4 is 12.2 Å². The molecule has 0 saturated heterocycles. The van der Waals surface area contributed by atoms with Crippen LogP contribution in [0.5, 0.6) is 0 Å². The Balaban J connectivity index is 1.47. The molecule has 0 spiro atoms. The lowest BCUT2D eigenvalue weighted by Gasteiger charge is -2.24. The van der Waals surface area contributed by atoms with Gasteiger partial charge in [0.05, 0.1) is 0 Å². The van der Waals surface area contributed by atoms with E-state index in [9.17, 15) is 0 Å². The van der Waals surface area contributed by atoms with Crippen LogP contribution in [0.1, 0.15) is 60.3 Å². The van der Waals surface area contributed by atoms with Gasteiger partial charge in [-0.15, -0.1) is 0 Å². The number of hydrogen-bond donors (Lipinski definition) is 0. The first-order chi connectivity index (χ1) is 11.4. The fourth-order valence-corrected chi connectivity index (χ4v) is 4.30. The van der Waals surface area contributed by atoms with Crippen LogP contribution in [0.25, 0.3) is 12.2 Å². The quantitative estimate of drug-likeness (QED) is 0.598. The maximum atomic E-state index is 2.43. The van der Waals surface area contributed by atoms with Crippen molar-refractivity contribution in [3.63, 3.8) is 0 Å². The van der Waals surface area contributed by atoms with E-state index in [0.29, 0.717) is 11.8 Å². The van der Waals surface area contributed by atoms with Crippen molar-refractivity contribution in [3.8, 4) is 0 Å². The van der Waals surface area contributed by atoms with Gasteiger partial charge in [-0.3, -0.25) is 0 Å². The first kappa shape index (κ1) is 14.5. The summed E-state index contributed by atoms with van der Waals surface area (Å²) in [7, 11) is 0. The summed E-state index contributed by atoms with van der Waals surface area (Å²) in [6.45, 7) is 2.35. The third-order valence-electron chi connectivity index (χ3n) is 5.62. The van der Waals surface area contributed by atoms with Crippen LogP contribution in [0, 0.1) is 5.92 Å². The van der Waals surface area contributed by atoms with Gasteiger partial charge in [0.25, 0.3) is 0 Å². The monoisotopic (exact) mass is 300 g/mol. The van der Waals surface area contributed by atoms with Gasteiger partial charge in [-0.2, -0.15) is 0 Å². The number of benzene rings is 2. The Bertz CT molecular complexity index is 750. The molecule has 0 aliphatic heterocycles. The molecule has 23 heavy (non-hydrogen) atoms. The Hall–Kier alpha value is -2.08. The standard InChI is InChI=1S/C23H24/c1-2-17(23-16-15-19-8-4-6-10-22(19)23)11-12-20-14-13-18-7-3-5-9-21(18)20/h3-10,13-17,20,23H,2,11-12H2,1H3. The van der Waals surface area contributed by atoms with Crippen LogP contribution in [-0.2, 0) is 0 Å². The van der Waals surface area contributed by atoms with Crippen LogP contribution >= 0.6 is 0 Å². The Morgan fingerprint density at radius 1 is 0.826 bits per heavy atom. The van der Waals surface area contributed by atoms with Crippen molar-refractivity contribution in [2.24, 2.45) is 5.92 Å². The van der Waals surface area contributed by atoms with Crippen LogP contribution in [0.2, 0.25) is 0 Å². The molecule has 0 N–H and O–H groups in total. The van der Waals surface area contributed by atoms with E-state index < -0.39 is 0 Å². The van der Waals surface area contributed by atoms with Gasteiger partial charge in [0.15, 0.2) is 0 Å². The molecule has 3 atom stereocenters. The molecule has 0 saturated carbocycles. The molecule has 2 aromatic rings. The predicted molar refractivity (Wildman–Crippen MR) is 99.4 cm³/mol. The second-order valence-electron chi connectivity index (χ2n) is 6.85. The zero-order valence-corrected chi connectivity index (χ0v) is 13.8. The maximum Gasteiger partial charge on any atom is 0.00554 e. The molecule has 3 unspecified atom stereocenters. The largest absolute Gasteiger partial charge is 0.0764 e. The average molecular weight is 300 g/mol. The third-order valence-corrected chi connectivity index (χ3v) is 5.62. The predicted octanol–water partition coefficient (Wildman–Crippen LogP) is 6.41. The zero-order valence-electron chi connectivity index (χ0n) is 13.8.